The van der Waals surface area contributed by atoms with Gasteiger partial charge in [0.25, 0.3) is 0 Å². The lowest BCUT2D eigenvalue weighted by atomic mass is 9.78. The van der Waals surface area contributed by atoms with Gasteiger partial charge in [-0.15, -0.1) is 0 Å². The van der Waals surface area contributed by atoms with Crippen LogP contribution in [0.25, 0.3) is 0 Å². The molecule has 0 heterocycles. The van der Waals surface area contributed by atoms with Crippen LogP contribution in [0.4, 0.5) is 5.69 Å². The number of nitrogens with one attached hydrogen (secondary N) is 1. The summed E-state index contributed by atoms with van der Waals surface area (Å²) >= 11 is 0. The van der Waals surface area contributed by atoms with Gasteiger partial charge in [-0.1, -0.05) is 20.3 Å². The number of methoxy groups -OCH3 is 2. The van der Waals surface area contributed by atoms with Crippen molar-refractivity contribution in [2.45, 2.75) is 39.2 Å². The lowest BCUT2D eigenvalue weighted by Gasteiger charge is -2.36. The lowest BCUT2D eigenvalue weighted by Crippen LogP contribution is -2.37. The third-order valence-electron chi connectivity index (χ3n) is 4.27. The number of hydrogen-bond donors (Lipinski definition) is 1. The molecule has 0 amide bonds. The van der Waals surface area contributed by atoms with Crippen molar-refractivity contribution in [2.75, 3.05) is 19.5 Å². The number of hydrogen-bond acceptors (Lipinski definition) is 3. The molecule has 1 aromatic rings. The van der Waals surface area contributed by atoms with Crippen LogP contribution in [0, 0.1) is 11.8 Å². The topological polar surface area (TPSA) is 30.5 Å². The molecule has 0 bridgehead atoms. The molecule has 2 unspecified atom stereocenters. The van der Waals surface area contributed by atoms with Gasteiger partial charge in [-0.3, -0.25) is 0 Å². The smallest absolute Gasteiger partial charge is 0.142 e. The van der Waals surface area contributed by atoms with E-state index in [0.717, 1.165) is 17.2 Å². The Balaban J connectivity index is 2.20. The van der Waals surface area contributed by atoms with Crippen LogP contribution in [0.3, 0.4) is 0 Å². The van der Waals surface area contributed by atoms with E-state index in [9.17, 15) is 0 Å². The average Bonchev–Trinajstić information content (AvgIpc) is 2.42. The van der Waals surface area contributed by atoms with E-state index in [1.165, 1.54) is 19.3 Å². The van der Waals surface area contributed by atoms with Crippen LogP contribution in [-0.2, 0) is 0 Å². The first-order valence-electron chi connectivity index (χ1n) is 7.14. The largest absolute Gasteiger partial charge is 0.497 e. The van der Waals surface area contributed by atoms with Gasteiger partial charge in [0.2, 0.25) is 0 Å². The highest BCUT2D eigenvalue weighted by Crippen LogP contribution is 2.35. The van der Waals surface area contributed by atoms with E-state index < -0.39 is 0 Å². The highest BCUT2D eigenvalue weighted by molar-refractivity contribution is 5.60. The molecule has 0 aromatic heterocycles. The van der Waals surface area contributed by atoms with Crippen molar-refractivity contribution in [3.63, 3.8) is 0 Å². The number of benzene rings is 1. The minimum atomic E-state index is 0.509. The predicted octanol–water partition coefficient (Wildman–Crippen LogP) is 3.94. The van der Waals surface area contributed by atoms with Gasteiger partial charge in [0.05, 0.1) is 19.9 Å². The van der Waals surface area contributed by atoms with Gasteiger partial charge in [-0.05, 0) is 36.8 Å². The van der Waals surface area contributed by atoms with Crippen molar-refractivity contribution >= 4 is 5.69 Å². The minimum Gasteiger partial charge on any atom is -0.497 e. The SMILES string of the molecule is COc1ccc(OC)c(NC2C(C)CCCC2C)c1. The summed E-state index contributed by atoms with van der Waals surface area (Å²) in [4.78, 5) is 0. The Morgan fingerprint density at radius 1 is 1.05 bits per heavy atom. The zero-order chi connectivity index (χ0) is 13.8. The molecule has 106 valence electrons. The summed E-state index contributed by atoms with van der Waals surface area (Å²) in [6.45, 7) is 4.67. The quantitative estimate of drug-likeness (QED) is 0.892. The van der Waals surface area contributed by atoms with E-state index in [2.05, 4.69) is 19.2 Å². The van der Waals surface area contributed by atoms with Gasteiger partial charge in [0.15, 0.2) is 0 Å². The van der Waals surface area contributed by atoms with Gasteiger partial charge in [0, 0.05) is 12.1 Å². The molecule has 1 aliphatic rings. The van der Waals surface area contributed by atoms with Crippen molar-refractivity contribution in [3.05, 3.63) is 18.2 Å². The molecule has 0 spiro atoms. The molecule has 19 heavy (non-hydrogen) atoms. The van der Waals surface area contributed by atoms with Gasteiger partial charge in [-0.2, -0.15) is 0 Å². The summed E-state index contributed by atoms with van der Waals surface area (Å²) in [5.41, 5.74) is 1.03. The van der Waals surface area contributed by atoms with Crippen LogP contribution < -0.4 is 14.8 Å². The Bertz CT molecular complexity index is 409. The summed E-state index contributed by atoms with van der Waals surface area (Å²) < 4.78 is 10.7. The van der Waals surface area contributed by atoms with Crippen molar-refractivity contribution in [1.82, 2.24) is 0 Å². The van der Waals surface area contributed by atoms with E-state index in [1.54, 1.807) is 14.2 Å². The molecule has 0 aliphatic heterocycles. The zero-order valence-electron chi connectivity index (χ0n) is 12.4. The van der Waals surface area contributed by atoms with Gasteiger partial charge in [0.1, 0.15) is 11.5 Å². The highest BCUT2D eigenvalue weighted by atomic mass is 16.5. The van der Waals surface area contributed by atoms with Gasteiger partial charge >= 0.3 is 0 Å². The first kappa shape index (κ1) is 14.0. The van der Waals surface area contributed by atoms with Crippen molar-refractivity contribution in [1.29, 1.82) is 0 Å². The van der Waals surface area contributed by atoms with Crippen LogP contribution in [0.15, 0.2) is 18.2 Å². The van der Waals surface area contributed by atoms with Gasteiger partial charge < -0.3 is 14.8 Å². The number of ether oxygens (including phenoxy) is 2. The Morgan fingerprint density at radius 2 is 1.74 bits per heavy atom. The standard InChI is InChI=1S/C16H25NO2/c1-11-6-5-7-12(2)16(11)17-14-10-13(18-3)8-9-15(14)19-4/h8-12,16-17H,5-7H2,1-4H3. The molecule has 3 nitrogen and oxygen atoms in total. The Kier molecular flexibility index (Phi) is 4.56. The molecule has 2 rings (SSSR count). The maximum atomic E-state index is 5.44. The molecule has 1 N–H and O–H groups in total. The summed E-state index contributed by atoms with van der Waals surface area (Å²) in [5, 5.41) is 3.67. The normalized spacial score (nSPS) is 26.8. The van der Waals surface area contributed by atoms with Crippen LogP contribution in [0.5, 0.6) is 11.5 Å². The second kappa shape index (κ2) is 6.18. The molecular weight excluding hydrogens is 238 g/mol. The Hall–Kier alpha value is -1.38. The van der Waals surface area contributed by atoms with E-state index in [0.29, 0.717) is 17.9 Å². The maximum Gasteiger partial charge on any atom is 0.142 e. The van der Waals surface area contributed by atoms with E-state index in [4.69, 9.17) is 9.47 Å². The number of anilines is 1. The first-order valence-corrected chi connectivity index (χ1v) is 7.14. The van der Waals surface area contributed by atoms with Crippen LogP contribution in [-0.4, -0.2) is 20.3 Å². The van der Waals surface area contributed by atoms with Crippen molar-refractivity contribution in [2.24, 2.45) is 11.8 Å². The summed E-state index contributed by atoms with van der Waals surface area (Å²) in [7, 11) is 3.40. The second-order valence-electron chi connectivity index (χ2n) is 5.62. The van der Waals surface area contributed by atoms with Crippen molar-refractivity contribution < 1.29 is 9.47 Å². The zero-order valence-corrected chi connectivity index (χ0v) is 12.4. The van der Waals surface area contributed by atoms with Crippen LogP contribution in [0.2, 0.25) is 0 Å². The number of rotatable bonds is 4. The van der Waals surface area contributed by atoms with Crippen molar-refractivity contribution in [3.8, 4) is 11.5 Å². The summed E-state index contributed by atoms with van der Waals surface area (Å²) in [5.74, 6) is 3.13. The fraction of sp³-hybridized carbons (Fsp3) is 0.625. The summed E-state index contributed by atoms with van der Waals surface area (Å²) in [6.07, 6.45) is 3.94. The third-order valence-corrected chi connectivity index (χ3v) is 4.27. The monoisotopic (exact) mass is 263 g/mol. The third kappa shape index (κ3) is 3.14. The molecular formula is C16H25NO2. The van der Waals surface area contributed by atoms with Crippen LogP contribution >= 0.6 is 0 Å². The molecule has 2 atom stereocenters. The van der Waals surface area contributed by atoms with E-state index >= 15 is 0 Å². The van der Waals surface area contributed by atoms with Crippen LogP contribution in [0.1, 0.15) is 33.1 Å². The second-order valence-corrected chi connectivity index (χ2v) is 5.62. The maximum absolute atomic E-state index is 5.44. The molecule has 1 aliphatic carbocycles. The molecule has 1 fully saturated rings. The molecule has 1 aromatic carbocycles. The first-order chi connectivity index (χ1) is 9.15. The molecule has 1 saturated carbocycles. The Morgan fingerprint density at radius 3 is 2.32 bits per heavy atom. The average molecular weight is 263 g/mol. The van der Waals surface area contributed by atoms with E-state index in [1.807, 2.05) is 18.2 Å². The fourth-order valence-corrected chi connectivity index (χ4v) is 3.07. The molecule has 0 saturated heterocycles. The fourth-order valence-electron chi connectivity index (χ4n) is 3.07. The van der Waals surface area contributed by atoms with Gasteiger partial charge in [-0.25, -0.2) is 0 Å². The lowest BCUT2D eigenvalue weighted by molar-refractivity contribution is 0.267. The highest BCUT2D eigenvalue weighted by Gasteiger charge is 2.28. The Labute approximate surface area is 116 Å². The molecule has 3 heteroatoms. The minimum absolute atomic E-state index is 0.509. The predicted molar refractivity (Wildman–Crippen MR) is 79.1 cm³/mol. The molecule has 0 radical (unpaired) electrons. The summed E-state index contributed by atoms with van der Waals surface area (Å²) in [6, 6.07) is 6.42. The van der Waals surface area contributed by atoms with E-state index in [-0.39, 0.29) is 0 Å².